The highest BCUT2D eigenvalue weighted by atomic mass is 32.1. The van der Waals surface area contributed by atoms with E-state index < -0.39 is 0 Å². The van der Waals surface area contributed by atoms with Gasteiger partial charge in [-0.25, -0.2) is 9.97 Å². The van der Waals surface area contributed by atoms with Crippen LogP contribution in [0.3, 0.4) is 0 Å². The van der Waals surface area contributed by atoms with E-state index in [1.165, 1.54) is 30.4 Å². The first-order valence-corrected chi connectivity index (χ1v) is 10.1. The van der Waals surface area contributed by atoms with Crippen molar-refractivity contribution in [3.8, 4) is 17.1 Å². The monoisotopic (exact) mass is 365 g/mol. The van der Waals surface area contributed by atoms with Crippen molar-refractivity contribution in [3.63, 3.8) is 0 Å². The summed E-state index contributed by atoms with van der Waals surface area (Å²) in [6, 6.07) is 8.56. The van der Waals surface area contributed by atoms with E-state index in [9.17, 15) is 0 Å². The van der Waals surface area contributed by atoms with E-state index in [2.05, 4.69) is 38.9 Å². The van der Waals surface area contributed by atoms with Gasteiger partial charge in [-0.2, -0.15) is 11.3 Å². The van der Waals surface area contributed by atoms with Crippen LogP contribution in [-0.4, -0.2) is 23.1 Å². The first-order chi connectivity index (χ1) is 12.8. The lowest BCUT2D eigenvalue weighted by atomic mass is 10.1. The highest BCUT2D eigenvalue weighted by Crippen LogP contribution is 2.26. The van der Waals surface area contributed by atoms with E-state index in [4.69, 9.17) is 4.74 Å². The fourth-order valence-electron chi connectivity index (χ4n) is 3.26. The van der Waals surface area contributed by atoms with E-state index in [1.54, 1.807) is 11.3 Å². The van der Waals surface area contributed by atoms with Crippen LogP contribution in [0.5, 0.6) is 5.75 Å². The predicted octanol–water partition coefficient (Wildman–Crippen LogP) is 4.88. The van der Waals surface area contributed by atoms with Crippen LogP contribution in [0.15, 0.2) is 41.2 Å². The number of fused-ring (bicyclic) bond motifs is 1. The summed E-state index contributed by atoms with van der Waals surface area (Å²) < 4.78 is 5.91. The lowest BCUT2D eigenvalue weighted by Crippen LogP contribution is -2.10. The molecule has 0 saturated heterocycles. The summed E-state index contributed by atoms with van der Waals surface area (Å²) in [5.74, 6) is 2.66. The Morgan fingerprint density at radius 1 is 1.19 bits per heavy atom. The highest BCUT2D eigenvalue weighted by Gasteiger charge is 2.11. The zero-order chi connectivity index (χ0) is 17.8. The molecule has 0 aliphatic heterocycles. The number of thiophene rings is 1. The average molecular weight is 366 g/mol. The molecule has 0 fully saturated rings. The van der Waals surface area contributed by atoms with Crippen LogP contribution in [0.2, 0.25) is 0 Å². The molecule has 26 heavy (non-hydrogen) atoms. The Kier molecular flexibility index (Phi) is 5.16. The Bertz CT molecular complexity index is 877. The average Bonchev–Trinajstić information content (AvgIpc) is 3.34. The Balaban J connectivity index is 1.28. The van der Waals surface area contributed by atoms with Gasteiger partial charge in [-0.05, 0) is 67.3 Å². The standard InChI is InChI=1S/C21H23N3OS/c1-15-13-23-21(18-8-11-26-14-18)24-20(15)22-9-3-10-25-19-7-6-16-4-2-5-17(16)12-19/h6-8,11-14H,2-5,9-10H2,1H3,(H,22,23,24). The summed E-state index contributed by atoms with van der Waals surface area (Å²) >= 11 is 1.66. The van der Waals surface area contributed by atoms with Crippen molar-refractivity contribution in [3.05, 3.63) is 57.9 Å². The second-order valence-electron chi connectivity index (χ2n) is 6.65. The summed E-state index contributed by atoms with van der Waals surface area (Å²) in [5.41, 5.74) is 5.07. The topological polar surface area (TPSA) is 47.0 Å². The van der Waals surface area contributed by atoms with E-state index in [0.717, 1.165) is 41.5 Å². The number of benzene rings is 1. The Morgan fingerprint density at radius 2 is 2.12 bits per heavy atom. The van der Waals surface area contributed by atoms with Gasteiger partial charge in [0, 0.05) is 29.2 Å². The minimum Gasteiger partial charge on any atom is -0.494 e. The van der Waals surface area contributed by atoms with Crippen molar-refractivity contribution in [1.29, 1.82) is 0 Å². The Labute approximate surface area is 158 Å². The third kappa shape index (κ3) is 3.88. The van der Waals surface area contributed by atoms with E-state index in [0.29, 0.717) is 6.61 Å². The lowest BCUT2D eigenvalue weighted by Gasteiger charge is -2.11. The lowest BCUT2D eigenvalue weighted by molar-refractivity contribution is 0.314. The molecule has 3 aromatic rings. The molecule has 1 N–H and O–H groups in total. The molecule has 134 valence electrons. The molecule has 0 bridgehead atoms. The minimum absolute atomic E-state index is 0.702. The molecular weight excluding hydrogens is 342 g/mol. The molecule has 4 rings (SSSR count). The molecule has 0 unspecified atom stereocenters. The zero-order valence-electron chi connectivity index (χ0n) is 15.0. The van der Waals surface area contributed by atoms with Crippen molar-refractivity contribution in [2.45, 2.75) is 32.6 Å². The minimum atomic E-state index is 0.702. The van der Waals surface area contributed by atoms with Crippen molar-refractivity contribution in [2.24, 2.45) is 0 Å². The second kappa shape index (κ2) is 7.87. The first-order valence-electron chi connectivity index (χ1n) is 9.14. The molecule has 0 spiro atoms. The van der Waals surface area contributed by atoms with Crippen LogP contribution in [0.1, 0.15) is 29.5 Å². The largest absolute Gasteiger partial charge is 0.494 e. The molecular formula is C21H23N3OS. The number of nitrogens with zero attached hydrogens (tertiary/aromatic N) is 2. The van der Waals surface area contributed by atoms with Crippen LogP contribution in [0, 0.1) is 6.92 Å². The molecule has 4 nitrogen and oxygen atoms in total. The van der Waals surface area contributed by atoms with E-state index in [-0.39, 0.29) is 0 Å². The van der Waals surface area contributed by atoms with Gasteiger partial charge in [-0.3, -0.25) is 0 Å². The van der Waals surface area contributed by atoms with Crippen molar-refractivity contribution in [2.75, 3.05) is 18.5 Å². The van der Waals surface area contributed by atoms with Crippen LogP contribution in [0.25, 0.3) is 11.4 Å². The number of anilines is 1. The number of ether oxygens (including phenoxy) is 1. The number of hydrogen-bond acceptors (Lipinski definition) is 5. The SMILES string of the molecule is Cc1cnc(-c2ccsc2)nc1NCCCOc1ccc2c(c1)CCC2. The summed E-state index contributed by atoms with van der Waals surface area (Å²) in [5, 5.41) is 7.53. The highest BCUT2D eigenvalue weighted by molar-refractivity contribution is 7.08. The molecule has 0 amide bonds. The maximum atomic E-state index is 5.91. The van der Waals surface area contributed by atoms with Gasteiger partial charge in [0.15, 0.2) is 5.82 Å². The van der Waals surface area contributed by atoms with Crippen LogP contribution < -0.4 is 10.1 Å². The number of aryl methyl sites for hydroxylation is 3. The normalized spacial score (nSPS) is 12.8. The molecule has 1 aromatic carbocycles. The summed E-state index contributed by atoms with van der Waals surface area (Å²) in [7, 11) is 0. The third-order valence-electron chi connectivity index (χ3n) is 4.70. The molecule has 2 aromatic heterocycles. The number of aromatic nitrogens is 2. The van der Waals surface area contributed by atoms with Crippen molar-refractivity contribution in [1.82, 2.24) is 9.97 Å². The van der Waals surface area contributed by atoms with Crippen LogP contribution in [0.4, 0.5) is 5.82 Å². The van der Waals surface area contributed by atoms with Gasteiger partial charge in [-0.1, -0.05) is 6.07 Å². The van der Waals surface area contributed by atoms with Gasteiger partial charge >= 0.3 is 0 Å². The van der Waals surface area contributed by atoms with Crippen molar-refractivity contribution < 1.29 is 4.74 Å². The maximum Gasteiger partial charge on any atom is 0.162 e. The van der Waals surface area contributed by atoms with Gasteiger partial charge in [0.1, 0.15) is 11.6 Å². The van der Waals surface area contributed by atoms with Gasteiger partial charge in [0.25, 0.3) is 0 Å². The van der Waals surface area contributed by atoms with Gasteiger partial charge in [0.05, 0.1) is 6.61 Å². The smallest absolute Gasteiger partial charge is 0.162 e. The maximum absolute atomic E-state index is 5.91. The molecule has 0 radical (unpaired) electrons. The van der Waals surface area contributed by atoms with Crippen molar-refractivity contribution >= 4 is 17.2 Å². The summed E-state index contributed by atoms with van der Waals surface area (Å²) in [6.45, 7) is 3.56. The fourth-order valence-corrected chi connectivity index (χ4v) is 3.89. The molecule has 2 heterocycles. The number of hydrogen-bond donors (Lipinski definition) is 1. The quantitative estimate of drug-likeness (QED) is 0.606. The molecule has 1 aliphatic carbocycles. The third-order valence-corrected chi connectivity index (χ3v) is 5.39. The summed E-state index contributed by atoms with van der Waals surface area (Å²) in [4.78, 5) is 9.08. The number of rotatable bonds is 7. The van der Waals surface area contributed by atoms with Crippen LogP contribution >= 0.6 is 11.3 Å². The van der Waals surface area contributed by atoms with E-state index >= 15 is 0 Å². The molecule has 0 atom stereocenters. The van der Waals surface area contributed by atoms with Gasteiger partial charge in [-0.15, -0.1) is 0 Å². The Morgan fingerprint density at radius 3 is 3.00 bits per heavy atom. The molecule has 0 saturated carbocycles. The molecule has 5 heteroatoms. The predicted molar refractivity (Wildman–Crippen MR) is 107 cm³/mol. The first kappa shape index (κ1) is 17.0. The molecule has 1 aliphatic rings. The summed E-state index contributed by atoms with van der Waals surface area (Å²) in [6.07, 6.45) is 6.48. The zero-order valence-corrected chi connectivity index (χ0v) is 15.8. The Hall–Kier alpha value is -2.40. The van der Waals surface area contributed by atoms with E-state index in [1.807, 2.05) is 24.6 Å². The fraction of sp³-hybridized carbons (Fsp3) is 0.333. The second-order valence-corrected chi connectivity index (χ2v) is 7.43. The van der Waals surface area contributed by atoms with Gasteiger partial charge < -0.3 is 10.1 Å². The number of nitrogens with one attached hydrogen (secondary N) is 1. The van der Waals surface area contributed by atoms with Gasteiger partial charge in [0.2, 0.25) is 0 Å². The van der Waals surface area contributed by atoms with Crippen LogP contribution in [-0.2, 0) is 12.8 Å².